The second-order valence-corrected chi connectivity index (χ2v) is 4.68. The maximum Gasteiger partial charge on any atom is 0.255 e. The van der Waals surface area contributed by atoms with Crippen molar-refractivity contribution in [2.24, 2.45) is 0 Å². The summed E-state index contributed by atoms with van der Waals surface area (Å²) in [6.45, 7) is 5.53. The van der Waals surface area contributed by atoms with Crippen LogP contribution in [0.5, 0.6) is 0 Å². The first-order valence-corrected chi connectivity index (χ1v) is 6.13. The molecule has 0 aromatic heterocycles. The van der Waals surface area contributed by atoms with E-state index in [-0.39, 0.29) is 11.7 Å². The zero-order valence-electron chi connectivity index (χ0n) is 11.3. The summed E-state index contributed by atoms with van der Waals surface area (Å²) in [5, 5.41) is 2.88. The maximum atomic E-state index is 13.2. The molecule has 0 unspecified atom stereocenters. The van der Waals surface area contributed by atoms with Crippen molar-refractivity contribution in [3.05, 3.63) is 64.5 Å². The van der Waals surface area contributed by atoms with Crippen LogP contribution in [0.15, 0.2) is 36.4 Å². The molecular weight excluding hydrogens is 241 g/mol. The second-order valence-electron chi connectivity index (χ2n) is 4.68. The Morgan fingerprint density at radius 3 is 2.21 bits per heavy atom. The lowest BCUT2D eigenvalue weighted by Crippen LogP contribution is -2.14. The van der Waals surface area contributed by atoms with E-state index in [0.717, 1.165) is 16.8 Å². The highest BCUT2D eigenvalue weighted by Gasteiger charge is 2.10. The van der Waals surface area contributed by atoms with Gasteiger partial charge in [-0.1, -0.05) is 18.2 Å². The molecule has 0 aliphatic rings. The predicted molar refractivity (Wildman–Crippen MR) is 75.0 cm³/mol. The van der Waals surface area contributed by atoms with E-state index in [1.54, 1.807) is 13.0 Å². The molecule has 0 heterocycles. The first-order valence-electron chi connectivity index (χ1n) is 6.13. The Morgan fingerprint density at radius 2 is 1.63 bits per heavy atom. The minimum Gasteiger partial charge on any atom is -0.322 e. The lowest BCUT2D eigenvalue weighted by molar-refractivity contribution is 0.102. The van der Waals surface area contributed by atoms with E-state index < -0.39 is 0 Å². The molecule has 98 valence electrons. The fraction of sp³-hybridized carbons (Fsp3) is 0.188. The summed E-state index contributed by atoms with van der Waals surface area (Å²) in [4.78, 5) is 12.1. The number of halogens is 1. The van der Waals surface area contributed by atoms with Crippen molar-refractivity contribution in [2.45, 2.75) is 20.8 Å². The molecule has 0 spiro atoms. The number of rotatable bonds is 2. The monoisotopic (exact) mass is 257 g/mol. The number of amides is 1. The van der Waals surface area contributed by atoms with Crippen molar-refractivity contribution in [3.63, 3.8) is 0 Å². The number of carbonyl (C=O) groups excluding carboxylic acids is 1. The molecule has 2 aromatic carbocycles. The van der Waals surface area contributed by atoms with E-state index in [9.17, 15) is 9.18 Å². The van der Waals surface area contributed by atoms with Gasteiger partial charge < -0.3 is 5.32 Å². The number of aryl methyl sites for hydroxylation is 3. The first kappa shape index (κ1) is 13.3. The summed E-state index contributed by atoms with van der Waals surface area (Å²) in [7, 11) is 0. The van der Waals surface area contributed by atoms with Crippen LogP contribution in [-0.2, 0) is 0 Å². The van der Waals surface area contributed by atoms with Crippen LogP contribution in [0.4, 0.5) is 10.1 Å². The van der Waals surface area contributed by atoms with Crippen molar-refractivity contribution >= 4 is 11.6 Å². The molecule has 0 aliphatic carbocycles. The Bertz CT molecular complexity index is 614. The molecule has 1 N–H and O–H groups in total. The van der Waals surface area contributed by atoms with Gasteiger partial charge in [0.2, 0.25) is 0 Å². The summed E-state index contributed by atoms with van der Waals surface area (Å²) in [6.07, 6.45) is 0. The second kappa shape index (κ2) is 5.22. The molecular formula is C16H16FNO. The summed E-state index contributed by atoms with van der Waals surface area (Å²) in [5.74, 6) is -0.524. The van der Waals surface area contributed by atoms with Crippen LogP contribution in [-0.4, -0.2) is 5.91 Å². The normalized spacial score (nSPS) is 10.3. The molecule has 3 heteroatoms. The Morgan fingerprint density at radius 1 is 1.00 bits per heavy atom. The van der Waals surface area contributed by atoms with Crippen LogP contribution in [0, 0.1) is 26.6 Å². The third kappa shape index (κ3) is 2.81. The number of benzene rings is 2. The molecule has 0 aliphatic heterocycles. The van der Waals surface area contributed by atoms with Gasteiger partial charge in [0, 0.05) is 11.3 Å². The van der Waals surface area contributed by atoms with Crippen molar-refractivity contribution < 1.29 is 9.18 Å². The van der Waals surface area contributed by atoms with Crippen LogP contribution in [0.3, 0.4) is 0 Å². The van der Waals surface area contributed by atoms with E-state index in [1.807, 2.05) is 32.0 Å². The van der Waals surface area contributed by atoms with Gasteiger partial charge in [0.05, 0.1) is 0 Å². The number of hydrogen-bond acceptors (Lipinski definition) is 1. The van der Waals surface area contributed by atoms with Gasteiger partial charge in [-0.15, -0.1) is 0 Å². The van der Waals surface area contributed by atoms with Gasteiger partial charge in [0.25, 0.3) is 5.91 Å². The topological polar surface area (TPSA) is 29.1 Å². The van der Waals surface area contributed by atoms with E-state index in [4.69, 9.17) is 0 Å². The summed E-state index contributed by atoms with van der Waals surface area (Å²) in [5.41, 5.74) is 3.75. The minimum atomic E-state index is -0.302. The van der Waals surface area contributed by atoms with Crippen molar-refractivity contribution in [1.29, 1.82) is 0 Å². The number of hydrogen-bond donors (Lipinski definition) is 1. The molecule has 0 radical (unpaired) electrons. The molecule has 19 heavy (non-hydrogen) atoms. The largest absolute Gasteiger partial charge is 0.322 e. The van der Waals surface area contributed by atoms with Crippen LogP contribution >= 0.6 is 0 Å². The number of nitrogens with one attached hydrogen (secondary N) is 1. The molecule has 2 rings (SSSR count). The van der Waals surface area contributed by atoms with Gasteiger partial charge in [-0.2, -0.15) is 0 Å². The van der Waals surface area contributed by atoms with E-state index in [2.05, 4.69) is 5.32 Å². The van der Waals surface area contributed by atoms with E-state index >= 15 is 0 Å². The van der Waals surface area contributed by atoms with Crippen molar-refractivity contribution in [1.82, 2.24) is 0 Å². The summed E-state index contributed by atoms with van der Waals surface area (Å²) < 4.78 is 13.2. The van der Waals surface area contributed by atoms with Crippen molar-refractivity contribution in [2.75, 3.05) is 5.32 Å². The number of para-hydroxylation sites is 1. The van der Waals surface area contributed by atoms with E-state index in [1.165, 1.54) is 12.1 Å². The zero-order valence-corrected chi connectivity index (χ0v) is 11.3. The lowest BCUT2D eigenvalue weighted by atomic mass is 10.1. The van der Waals surface area contributed by atoms with Crippen LogP contribution in [0.2, 0.25) is 0 Å². The molecule has 2 nitrogen and oxygen atoms in total. The molecule has 0 atom stereocenters. The zero-order chi connectivity index (χ0) is 14.0. The summed E-state index contributed by atoms with van der Waals surface area (Å²) in [6, 6.07) is 10.2. The maximum absolute atomic E-state index is 13.2. The van der Waals surface area contributed by atoms with E-state index in [0.29, 0.717) is 11.1 Å². The molecule has 0 saturated heterocycles. The molecule has 2 aromatic rings. The average molecular weight is 257 g/mol. The minimum absolute atomic E-state index is 0.222. The number of carbonyl (C=O) groups is 1. The fourth-order valence-electron chi connectivity index (χ4n) is 1.98. The molecule has 0 saturated carbocycles. The summed E-state index contributed by atoms with van der Waals surface area (Å²) >= 11 is 0. The van der Waals surface area contributed by atoms with Gasteiger partial charge in [-0.25, -0.2) is 4.39 Å². The Balaban J connectivity index is 2.28. The molecule has 1 amide bonds. The predicted octanol–water partition coefficient (Wildman–Crippen LogP) is 4.00. The third-order valence-corrected chi connectivity index (χ3v) is 3.14. The number of anilines is 1. The molecule has 0 fully saturated rings. The SMILES string of the molecule is Cc1cc(C(=O)Nc2c(C)cccc2C)ccc1F. The Labute approximate surface area is 112 Å². The molecule has 0 bridgehead atoms. The standard InChI is InChI=1S/C16H16FNO/c1-10-5-4-6-11(2)15(10)18-16(19)13-7-8-14(17)12(3)9-13/h4-9H,1-3H3,(H,18,19). The first-order chi connectivity index (χ1) is 8.99. The van der Waals surface area contributed by atoms with Gasteiger partial charge in [-0.05, 0) is 55.7 Å². The fourth-order valence-corrected chi connectivity index (χ4v) is 1.98. The highest BCUT2D eigenvalue weighted by molar-refractivity contribution is 6.05. The van der Waals surface area contributed by atoms with Gasteiger partial charge in [-0.3, -0.25) is 4.79 Å². The van der Waals surface area contributed by atoms with Gasteiger partial charge >= 0.3 is 0 Å². The van der Waals surface area contributed by atoms with Crippen LogP contribution in [0.1, 0.15) is 27.0 Å². The van der Waals surface area contributed by atoms with Crippen LogP contribution in [0.25, 0.3) is 0 Å². The Hall–Kier alpha value is -2.16. The lowest BCUT2D eigenvalue weighted by Gasteiger charge is -2.11. The smallest absolute Gasteiger partial charge is 0.255 e. The third-order valence-electron chi connectivity index (χ3n) is 3.14. The average Bonchev–Trinajstić information content (AvgIpc) is 2.37. The highest BCUT2D eigenvalue weighted by Crippen LogP contribution is 2.20. The van der Waals surface area contributed by atoms with Crippen LogP contribution < -0.4 is 5.32 Å². The highest BCUT2D eigenvalue weighted by atomic mass is 19.1. The Kier molecular flexibility index (Phi) is 3.65. The van der Waals surface area contributed by atoms with Gasteiger partial charge in [0.15, 0.2) is 0 Å². The quantitative estimate of drug-likeness (QED) is 0.865. The van der Waals surface area contributed by atoms with Gasteiger partial charge in [0.1, 0.15) is 5.82 Å². The van der Waals surface area contributed by atoms with Crippen molar-refractivity contribution in [3.8, 4) is 0 Å².